The van der Waals surface area contributed by atoms with Crippen LogP contribution in [0.4, 0.5) is 0 Å². The average Bonchev–Trinajstić information content (AvgIpc) is 1.25. The van der Waals surface area contributed by atoms with Gasteiger partial charge >= 0.3 is 0 Å². The fraction of sp³-hybridized carbons (Fsp3) is 0.750. The molecular weight excluding hydrogens is 110 g/mol. The van der Waals surface area contributed by atoms with Crippen LogP contribution in [0.15, 0.2) is 0 Å². The maximum Gasteiger partial charge on any atom is 0.300 e. The van der Waals surface area contributed by atoms with Gasteiger partial charge in [-0.05, 0) is 6.92 Å². The average molecular weight is 121 g/mol. The molecule has 0 aliphatic heterocycles. The lowest BCUT2D eigenvalue weighted by molar-refractivity contribution is -0.134. The molecule has 50 valence electrons. The molecule has 0 amide bonds. The van der Waals surface area contributed by atoms with Crippen molar-refractivity contribution in [2.75, 3.05) is 0 Å². The summed E-state index contributed by atoms with van der Waals surface area (Å²) in [5, 5.41) is 15.2. The Kier molecular flexibility index (Phi) is 8.30. The summed E-state index contributed by atoms with van der Waals surface area (Å²) >= 11 is 0. The molecule has 0 aromatic heterocycles. The van der Waals surface area contributed by atoms with Crippen molar-refractivity contribution in [1.29, 1.82) is 0 Å². The number of carboxylic acid groups (broad SMARTS) is 1. The van der Waals surface area contributed by atoms with Gasteiger partial charge in [0.15, 0.2) is 0 Å². The van der Waals surface area contributed by atoms with Crippen LogP contribution in [0.2, 0.25) is 0 Å². The van der Waals surface area contributed by atoms with E-state index in [4.69, 9.17) is 15.0 Å². The third-order valence-corrected chi connectivity index (χ3v) is 0. The molecule has 0 heterocycles. The Bertz CT molecular complexity index is 55.5. The fourth-order valence-corrected chi connectivity index (χ4v) is 0. The molecular formula is C4H11NO3. The zero-order valence-corrected chi connectivity index (χ0v) is 4.96. The summed E-state index contributed by atoms with van der Waals surface area (Å²) in [6.07, 6.45) is -0.667. The van der Waals surface area contributed by atoms with Crippen LogP contribution < -0.4 is 5.73 Å². The normalized spacial score (nSPS) is 11.0. The molecule has 0 aliphatic rings. The largest absolute Gasteiger partial charge is 0.481 e. The van der Waals surface area contributed by atoms with Gasteiger partial charge in [-0.3, -0.25) is 4.79 Å². The third-order valence-electron chi connectivity index (χ3n) is 0. The highest BCUT2D eigenvalue weighted by molar-refractivity contribution is 5.62. The summed E-state index contributed by atoms with van der Waals surface area (Å²) in [5.74, 6) is -0.833. The topological polar surface area (TPSA) is 83.5 Å². The highest BCUT2D eigenvalue weighted by atomic mass is 16.4. The first-order chi connectivity index (χ1) is 3.46. The predicted molar refractivity (Wildman–Crippen MR) is 29.2 cm³/mol. The molecule has 1 unspecified atom stereocenters. The van der Waals surface area contributed by atoms with Gasteiger partial charge in [0.2, 0.25) is 0 Å². The Morgan fingerprint density at radius 1 is 1.75 bits per heavy atom. The van der Waals surface area contributed by atoms with E-state index in [2.05, 4.69) is 5.73 Å². The van der Waals surface area contributed by atoms with Crippen LogP contribution in [0.25, 0.3) is 0 Å². The van der Waals surface area contributed by atoms with Crippen LogP contribution in [0.5, 0.6) is 0 Å². The molecule has 4 heteroatoms. The summed E-state index contributed by atoms with van der Waals surface area (Å²) in [6, 6.07) is 0. The molecule has 0 aromatic carbocycles. The smallest absolute Gasteiger partial charge is 0.300 e. The standard InChI is InChI=1S/C2H7NO.C2H4O2/c2*1-2(3)4/h2,4H,3H2,1H3;1H3,(H,3,4). The molecule has 0 spiro atoms. The summed E-state index contributed by atoms with van der Waals surface area (Å²) < 4.78 is 0. The lowest BCUT2D eigenvalue weighted by atomic mass is 10.7. The monoisotopic (exact) mass is 121 g/mol. The number of aliphatic carboxylic acids is 1. The van der Waals surface area contributed by atoms with Crippen LogP contribution in [0, 0.1) is 0 Å². The second-order valence-corrected chi connectivity index (χ2v) is 1.26. The number of carbonyl (C=O) groups is 1. The van der Waals surface area contributed by atoms with Crippen molar-refractivity contribution in [3.8, 4) is 0 Å². The number of aliphatic hydroxyl groups excluding tert-OH is 1. The van der Waals surface area contributed by atoms with Crippen molar-refractivity contribution >= 4 is 5.97 Å². The number of hydrogen-bond acceptors (Lipinski definition) is 3. The van der Waals surface area contributed by atoms with Crippen LogP contribution in [-0.2, 0) is 4.79 Å². The lowest BCUT2D eigenvalue weighted by Gasteiger charge is -1.82. The molecule has 0 saturated heterocycles. The zero-order valence-electron chi connectivity index (χ0n) is 4.96. The molecule has 0 radical (unpaired) electrons. The fourth-order valence-electron chi connectivity index (χ4n) is 0. The molecule has 0 aromatic rings. The SMILES string of the molecule is CC(=O)O.CC(N)O. The third kappa shape index (κ3) is 279. The van der Waals surface area contributed by atoms with Gasteiger partial charge in [-0.1, -0.05) is 0 Å². The second-order valence-electron chi connectivity index (χ2n) is 1.26. The van der Waals surface area contributed by atoms with E-state index in [-0.39, 0.29) is 0 Å². The summed E-state index contributed by atoms with van der Waals surface area (Å²) in [7, 11) is 0. The summed E-state index contributed by atoms with van der Waals surface area (Å²) in [6.45, 7) is 2.58. The maximum absolute atomic E-state index is 9.00. The molecule has 0 aliphatic carbocycles. The number of hydrogen-bond donors (Lipinski definition) is 3. The summed E-state index contributed by atoms with van der Waals surface area (Å²) in [5.41, 5.74) is 4.67. The number of carboxylic acids is 1. The first-order valence-corrected chi connectivity index (χ1v) is 2.10. The number of aliphatic hydroxyl groups is 1. The molecule has 0 rings (SSSR count). The first-order valence-electron chi connectivity index (χ1n) is 2.10. The minimum absolute atomic E-state index is 0.667. The Hall–Kier alpha value is -0.610. The quantitative estimate of drug-likeness (QED) is 0.373. The van der Waals surface area contributed by atoms with E-state index in [0.717, 1.165) is 6.92 Å². The van der Waals surface area contributed by atoms with Crippen molar-refractivity contribution in [1.82, 2.24) is 0 Å². The second kappa shape index (κ2) is 6.39. The Balaban J connectivity index is 0. The Morgan fingerprint density at radius 2 is 1.75 bits per heavy atom. The highest BCUT2D eigenvalue weighted by Gasteiger charge is 1.68. The van der Waals surface area contributed by atoms with Gasteiger partial charge < -0.3 is 15.9 Å². The molecule has 8 heavy (non-hydrogen) atoms. The van der Waals surface area contributed by atoms with Gasteiger partial charge in [0, 0.05) is 6.92 Å². The van der Waals surface area contributed by atoms with E-state index < -0.39 is 12.2 Å². The van der Waals surface area contributed by atoms with Crippen molar-refractivity contribution in [3.63, 3.8) is 0 Å². The van der Waals surface area contributed by atoms with Crippen molar-refractivity contribution in [2.24, 2.45) is 5.73 Å². The van der Waals surface area contributed by atoms with Crippen molar-refractivity contribution in [3.05, 3.63) is 0 Å². The number of rotatable bonds is 0. The van der Waals surface area contributed by atoms with Gasteiger partial charge in [0.1, 0.15) is 0 Å². The van der Waals surface area contributed by atoms with E-state index in [1.165, 1.54) is 6.92 Å². The molecule has 4 N–H and O–H groups in total. The van der Waals surface area contributed by atoms with E-state index in [1.54, 1.807) is 0 Å². The van der Waals surface area contributed by atoms with Gasteiger partial charge in [-0.2, -0.15) is 0 Å². The van der Waals surface area contributed by atoms with Crippen LogP contribution in [0.1, 0.15) is 13.8 Å². The molecule has 4 nitrogen and oxygen atoms in total. The molecule has 0 saturated carbocycles. The molecule has 0 bridgehead atoms. The Labute approximate surface area is 47.9 Å². The van der Waals surface area contributed by atoms with Gasteiger partial charge in [-0.25, -0.2) is 0 Å². The minimum Gasteiger partial charge on any atom is -0.481 e. The van der Waals surface area contributed by atoms with Gasteiger partial charge in [-0.15, -0.1) is 0 Å². The van der Waals surface area contributed by atoms with E-state index in [0.29, 0.717) is 0 Å². The lowest BCUT2D eigenvalue weighted by Crippen LogP contribution is -2.11. The van der Waals surface area contributed by atoms with Gasteiger partial charge in [0.25, 0.3) is 5.97 Å². The van der Waals surface area contributed by atoms with E-state index >= 15 is 0 Å². The predicted octanol–water partition coefficient (Wildman–Crippen LogP) is -0.626. The zero-order chi connectivity index (χ0) is 7.15. The maximum atomic E-state index is 9.00. The molecule has 0 fully saturated rings. The molecule has 1 atom stereocenters. The van der Waals surface area contributed by atoms with E-state index in [1.807, 2.05) is 0 Å². The first kappa shape index (κ1) is 10.4. The van der Waals surface area contributed by atoms with Crippen LogP contribution in [0.3, 0.4) is 0 Å². The van der Waals surface area contributed by atoms with E-state index in [9.17, 15) is 0 Å². The minimum atomic E-state index is -0.833. The Morgan fingerprint density at radius 3 is 1.75 bits per heavy atom. The van der Waals surface area contributed by atoms with Crippen LogP contribution in [-0.4, -0.2) is 22.4 Å². The number of nitrogens with two attached hydrogens (primary N) is 1. The van der Waals surface area contributed by atoms with Crippen molar-refractivity contribution < 1.29 is 15.0 Å². The highest BCUT2D eigenvalue weighted by Crippen LogP contribution is 1.50. The van der Waals surface area contributed by atoms with Crippen LogP contribution >= 0.6 is 0 Å². The van der Waals surface area contributed by atoms with Gasteiger partial charge in [0.05, 0.1) is 6.23 Å². The summed E-state index contributed by atoms with van der Waals surface area (Å²) in [4.78, 5) is 9.00. The van der Waals surface area contributed by atoms with Crippen molar-refractivity contribution in [2.45, 2.75) is 20.1 Å².